The van der Waals surface area contributed by atoms with Crippen LogP contribution >= 0.6 is 22.9 Å². The summed E-state index contributed by atoms with van der Waals surface area (Å²) in [6, 6.07) is 10.2. The first kappa shape index (κ1) is 28.4. The molecule has 1 aliphatic rings. The summed E-state index contributed by atoms with van der Waals surface area (Å²) in [6.45, 7) is 9.05. The number of carbonyl (C=O) groups is 1. The van der Waals surface area contributed by atoms with Crippen molar-refractivity contribution in [3.63, 3.8) is 0 Å². The van der Waals surface area contributed by atoms with Crippen LogP contribution in [0.1, 0.15) is 44.9 Å². The average Bonchev–Trinajstić information content (AvgIpc) is 3.23. The van der Waals surface area contributed by atoms with Crippen LogP contribution in [0.5, 0.6) is 17.2 Å². The van der Waals surface area contributed by atoms with Crippen LogP contribution in [0, 0.1) is 0 Å². The summed E-state index contributed by atoms with van der Waals surface area (Å²) >= 11 is 7.73. The number of aromatic nitrogens is 1. The van der Waals surface area contributed by atoms with Crippen molar-refractivity contribution in [3.05, 3.63) is 83.5 Å². The van der Waals surface area contributed by atoms with Gasteiger partial charge in [0.05, 0.1) is 41.7 Å². The van der Waals surface area contributed by atoms with Crippen LogP contribution in [0.4, 0.5) is 0 Å². The Labute approximate surface area is 236 Å². The molecule has 0 N–H and O–H groups in total. The SMILES string of the molecule is CCOc1c(Cl)cc(C=c2sc3n(c2=O)C(c2ccccc2OC)C(C(=O)N(CC)CC)=C(C)N=3)cc1OC. The fraction of sp³-hybridized carbons (Fsp3) is 0.345. The summed E-state index contributed by atoms with van der Waals surface area (Å²) in [5.41, 5.74) is 2.14. The highest BCUT2D eigenvalue weighted by molar-refractivity contribution is 7.07. The molecule has 3 aromatic rings. The van der Waals surface area contributed by atoms with Gasteiger partial charge in [0.25, 0.3) is 11.5 Å². The van der Waals surface area contributed by atoms with Crippen LogP contribution in [0.2, 0.25) is 5.02 Å². The molecule has 10 heteroatoms. The number of ether oxygens (including phenoxy) is 3. The second kappa shape index (κ2) is 12.1. The third-order valence-corrected chi connectivity index (χ3v) is 7.84. The lowest BCUT2D eigenvalue weighted by atomic mass is 9.94. The zero-order chi connectivity index (χ0) is 28.3. The smallest absolute Gasteiger partial charge is 0.271 e. The Bertz CT molecular complexity index is 1600. The number of carbonyl (C=O) groups excluding carboxylic acids is 1. The van der Waals surface area contributed by atoms with Crippen molar-refractivity contribution >= 4 is 34.9 Å². The number of para-hydroxylation sites is 1. The Kier molecular flexibility index (Phi) is 8.82. The van der Waals surface area contributed by atoms with Crippen molar-refractivity contribution in [1.29, 1.82) is 0 Å². The van der Waals surface area contributed by atoms with Crippen molar-refractivity contribution in [2.45, 2.75) is 33.7 Å². The Morgan fingerprint density at radius 1 is 1.13 bits per heavy atom. The molecule has 0 saturated carbocycles. The van der Waals surface area contributed by atoms with Crippen molar-refractivity contribution in [1.82, 2.24) is 9.47 Å². The number of nitrogens with zero attached hydrogens (tertiary/aromatic N) is 3. The van der Waals surface area contributed by atoms with Crippen molar-refractivity contribution < 1.29 is 19.0 Å². The average molecular weight is 570 g/mol. The molecule has 8 nitrogen and oxygen atoms in total. The molecule has 1 aromatic heterocycles. The Morgan fingerprint density at radius 2 is 1.82 bits per heavy atom. The minimum absolute atomic E-state index is 0.158. The van der Waals surface area contributed by atoms with Gasteiger partial charge in [-0.25, -0.2) is 4.99 Å². The first-order valence-corrected chi connectivity index (χ1v) is 13.9. The number of amides is 1. The van der Waals surface area contributed by atoms with Gasteiger partial charge in [-0.2, -0.15) is 0 Å². The Morgan fingerprint density at radius 3 is 2.46 bits per heavy atom. The van der Waals surface area contributed by atoms with Gasteiger partial charge in [0, 0.05) is 18.7 Å². The number of hydrogen-bond acceptors (Lipinski definition) is 7. The molecule has 0 radical (unpaired) electrons. The molecule has 1 amide bonds. The summed E-state index contributed by atoms with van der Waals surface area (Å²) in [4.78, 5) is 34.7. The number of fused-ring (bicyclic) bond motifs is 1. The molecule has 0 spiro atoms. The fourth-order valence-corrected chi connectivity index (χ4v) is 6.04. The molecule has 206 valence electrons. The van der Waals surface area contributed by atoms with E-state index in [4.69, 9.17) is 30.8 Å². The molecule has 1 unspecified atom stereocenters. The maximum absolute atomic E-state index is 14.0. The summed E-state index contributed by atoms with van der Waals surface area (Å²) in [5, 5.41) is 0.380. The predicted molar refractivity (Wildman–Crippen MR) is 154 cm³/mol. The van der Waals surface area contributed by atoms with E-state index in [0.717, 1.165) is 0 Å². The van der Waals surface area contributed by atoms with Gasteiger partial charge >= 0.3 is 0 Å². The lowest BCUT2D eigenvalue weighted by Crippen LogP contribution is -2.43. The first-order chi connectivity index (χ1) is 18.8. The lowest BCUT2D eigenvalue weighted by Gasteiger charge is -2.29. The van der Waals surface area contributed by atoms with Crippen LogP contribution in [-0.2, 0) is 4.79 Å². The number of rotatable bonds is 9. The van der Waals surface area contributed by atoms with Gasteiger partial charge in [0.2, 0.25) is 0 Å². The number of halogens is 1. The van der Waals surface area contributed by atoms with E-state index < -0.39 is 6.04 Å². The minimum atomic E-state index is -0.703. The second-order valence-electron chi connectivity index (χ2n) is 8.77. The van der Waals surface area contributed by atoms with Gasteiger partial charge in [-0.3, -0.25) is 14.2 Å². The van der Waals surface area contributed by atoms with Gasteiger partial charge in [-0.15, -0.1) is 0 Å². The molecule has 0 fully saturated rings. The van der Waals surface area contributed by atoms with Gasteiger partial charge in [-0.05, 0) is 57.5 Å². The summed E-state index contributed by atoms with van der Waals surface area (Å²) < 4.78 is 18.8. The van der Waals surface area contributed by atoms with Gasteiger partial charge in [-0.1, -0.05) is 41.1 Å². The number of hydrogen-bond donors (Lipinski definition) is 0. The van der Waals surface area contributed by atoms with Crippen molar-refractivity contribution in [2.75, 3.05) is 33.9 Å². The molecule has 1 atom stereocenters. The fourth-order valence-electron chi connectivity index (χ4n) is 4.72. The quantitative estimate of drug-likeness (QED) is 0.386. The van der Waals surface area contributed by atoms with E-state index in [9.17, 15) is 9.59 Å². The molecule has 4 rings (SSSR count). The van der Waals surface area contributed by atoms with Gasteiger partial charge in [0.1, 0.15) is 11.8 Å². The van der Waals surface area contributed by atoms with Crippen molar-refractivity contribution in [3.8, 4) is 17.2 Å². The van der Waals surface area contributed by atoms with Gasteiger partial charge < -0.3 is 19.1 Å². The minimum Gasteiger partial charge on any atom is -0.496 e. The largest absolute Gasteiger partial charge is 0.496 e. The number of likely N-dealkylation sites (N-methyl/N-ethyl adjacent to an activating group) is 1. The van der Waals surface area contributed by atoms with E-state index in [2.05, 4.69) is 0 Å². The van der Waals surface area contributed by atoms with E-state index in [0.29, 0.717) is 73.7 Å². The summed E-state index contributed by atoms with van der Waals surface area (Å²) in [6.07, 6.45) is 1.75. The van der Waals surface area contributed by atoms with Crippen LogP contribution in [0.15, 0.2) is 57.5 Å². The normalized spacial score (nSPS) is 15.1. The predicted octanol–water partition coefficient (Wildman–Crippen LogP) is 4.17. The summed E-state index contributed by atoms with van der Waals surface area (Å²) in [7, 11) is 3.12. The topological polar surface area (TPSA) is 82.4 Å². The van der Waals surface area contributed by atoms with E-state index >= 15 is 0 Å². The highest BCUT2D eigenvalue weighted by Gasteiger charge is 2.35. The zero-order valence-electron chi connectivity index (χ0n) is 22.9. The number of benzene rings is 2. The van der Waals surface area contributed by atoms with Crippen LogP contribution in [0.25, 0.3) is 6.08 Å². The van der Waals surface area contributed by atoms with E-state index in [1.165, 1.54) is 18.4 Å². The third-order valence-electron chi connectivity index (χ3n) is 6.57. The van der Waals surface area contributed by atoms with Crippen LogP contribution < -0.4 is 29.1 Å². The lowest BCUT2D eigenvalue weighted by molar-refractivity contribution is -0.127. The van der Waals surface area contributed by atoms with Crippen LogP contribution in [0.3, 0.4) is 0 Å². The summed E-state index contributed by atoms with van der Waals surface area (Å²) in [5.74, 6) is 1.35. The molecule has 0 saturated heterocycles. The zero-order valence-corrected chi connectivity index (χ0v) is 24.5. The molecule has 39 heavy (non-hydrogen) atoms. The van der Waals surface area contributed by atoms with Gasteiger partial charge in [0.15, 0.2) is 16.3 Å². The highest BCUT2D eigenvalue weighted by Crippen LogP contribution is 2.37. The van der Waals surface area contributed by atoms with E-state index in [-0.39, 0.29) is 11.5 Å². The third kappa shape index (κ3) is 5.33. The monoisotopic (exact) mass is 569 g/mol. The van der Waals surface area contributed by atoms with Crippen LogP contribution in [-0.4, -0.2) is 49.3 Å². The maximum atomic E-state index is 14.0. The first-order valence-electron chi connectivity index (χ1n) is 12.7. The standard InChI is InChI=1S/C29H32ClN3O5S/c1-7-32(8-2)28(35)24-17(4)31-29-33(25(24)19-12-10-11-13-21(19)36-5)27(34)23(39-29)16-18-14-20(30)26(38-9-3)22(15-18)37-6/h10-16,25H,7-9H2,1-6H3. The van der Waals surface area contributed by atoms with Crippen molar-refractivity contribution in [2.24, 2.45) is 4.99 Å². The molecular weight excluding hydrogens is 538 g/mol. The van der Waals surface area contributed by atoms with E-state index in [1.54, 1.807) is 34.8 Å². The maximum Gasteiger partial charge on any atom is 0.271 e. The number of allylic oxidation sites excluding steroid dienone is 1. The van der Waals surface area contributed by atoms with E-state index in [1.807, 2.05) is 52.0 Å². The molecule has 2 heterocycles. The Balaban J connectivity index is 1.97. The molecule has 0 bridgehead atoms. The molecular formula is C29H32ClN3O5S. The Hall–Kier alpha value is -3.56. The number of methoxy groups -OCH3 is 2. The second-order valence-corrected chi connectivity index (χ2v) is 10.2. The molecule has 1 aliphatic heterocycles. The number of thiazole rings is 1. The molecule has 2 aromatic carbocycles. The highest BCUT2D eigenvalue weighted by atomic mass is 35.5. The molecule has 0 aliphatic carbocycles.